The average molecular weight is 217 g/mol. The average Bonchev–Trinajstić information content (AvgIpc) is 2.29. The lowest BCUT2D eigenvalue weighted by molar-refractivity contribution is 0.0690. The van der Waals surface area contributed by atoms with E-state index in [9.17, 15) is 4.79 Å². The molecule has 0 spiro atoms. The summed E-state index contributed by atoms with van der Waals surface area (Å²) in [7, 11) is 0. The van der Waals surface area contributed by atoms with E-state index >= 15 is 0 Å². The van der Waals surface area contributed by atoms with Crippen LogP contribution in [0.3, 0.4) is 0 Å². The first-order valence-corrected chi connectivity index (χ1v) is 4.23. The summed E-state index contributed by atoms with van der Waals surface area (Å²) in [5.41, 5.74) is -0.183. The first kappa shape index (κ1) is 11.4. The molecule has 80 valence electrons. The smallest absolute Gasteiger partial charge is 0.356 e. The second-order valence-corrected chi connectivity index (χ2v) is 2.74. The van der Waals surface area contributed by atoms with Crippen LogP contribution in [0.15, 0.2) is 12.4 Å². The van der Waals surface area contributed by atoms with Gasteiger partial charge in [0.15, 0.2) is 5.69 Å². The van der Waals surface area contributed by atoms with Gasteiger partial charge in [-0.15, -0.1) is 0 Å². The van der Waals surface area contributed by atoms with E-state index in [4.69, 9.17) is 15.6 Å². The van der Waals surface area contributed by atoms with Crippen LogP contribution < -0.4 is 4.90 Å². The fourth-order valence-electron chi connectivity index (χ4n) is 0.984. The lowest BCUT2D eigenvalue weighted by Gasteiger charge is -2.15. The highest BCUT2D eigenvalue weighted by Crippen LogP contribution is 2.07. The van der Waals surface area contributed by atoms with Crippen LogP contribution in [0.2, 0.25) is 0 Å². The van der Waals surface area contributed by atoms with Gasteiger partial charge in [-0.3, -0.25) is 0 Å². The molecule has 0 aliphatic heterocycles. The predicted octanol–water partition coefficient (Wildman–Crippen LogP) is 0.0284. The van der Waals surface area contributed by atoms with Gasteiger partial charge in [0.05, 0.1) is 24.5 Å². The molecular weight excluding hydrogens is 210 g/mol. The Morgan fingerprint density at radius 3 is 2.31 bits per heavy atom. The number of carboxylic acid groups (broad SMARTS) is 1. The van der Waals surface area contributed by atoms with Gasteiger partial charge in [0.1, 0.15) is 18.9 Å². The third-order valence-corrected chi connectivity index (χ3v) is 1.70. The van der Waals surface area contributed by atoms with E-state index in [0.29, 0.717) is 5.82 Å². The van der Waals surface area contributed by atoms with Crippen LogP contribution in [0.25, 0.3) is 0 Å². The van der Waals surface area contributed by atoms with Gasteiger partial charge in [-0.05, 0) is 0 Å². The topological polar surface area (TPSA) is 114 Å². The molecule has 0 amide bonds. The summed E-state index contributed by atoms with van der Waals surface area (Å²) in [6, 6.07) is 3.76. The molecule has 0 radical (unpaired) electrons. The molecule has 1 rings (SSSR count). The molecule has 0 saturated heterocycles. The molecule has 0 atom stereocenters. The maximum absolute atomic E-state index is 10.5. The lowest BCUT2D eigenvalue weighted by Crippen LogP contribution is -2.25. The molecule has 1 aromatic rings. The number of hydrogen-bond acceptors (Lipinski definition) is 6. The van der Waals surface area contributed by atoms with Gasteiger partial charge in [-0.1, -0.05) is 0 Å². The quantitative estimate of drug-likeness (QED) is 0.707. The van der Waals surface area contributed by atoms with E-state index in [1.54, 1.807) is 0 Å². The molecule has 0 aliphatic carbocycles. The summed E-state index contributed by atoms with van der Waals surface area (Å²) in [4.78, 5) is 19.4. The molecule has 7 nitrogen and oxygen atoms in total. The van der Waals surface area contributed by atoms with Crippen molar-refractivity contribution in [2.45, 2.75) is 0 Å². The Morgan fingerprint density at radius 2 is 1.94 bits per heavy atom. The molecule has 7 heteroatoms. The molecule has 0 unspecified atom stereocenters. The highest BCUT2D eigenvalue weighted by Gasteiger charge is 2.09. The van der Waals surface area contributed by atoms with E-state index in [1.165, 1.54) is 11.1 Å². The summed E-state index contributed by atoms with van der Waals surface area (Å²) in [5, 5.41) is 25.6. The number of anilines is 1. The minimum absolute atomic E-state index is 0.00530. The van der Waals surface area contributed by atoms with Crippen LogP contribution in [0.4, 0.5) is 5.82 Å². The zero-order valence-corrected chi connectivity index (χ0v) is 8.16. The second kappa shape index (κ2) is 5.27. The molecule has 0 aromatic carbocycles. The molecule has 0 bridgehead atoms. The Bertz CT molecular complexity index is 440. The first-order valence-electron chi connectivity index (χ1n) is 4.23. The lowest BCUT2D eigenvalue weighted by atomic mass is 10.4. The number of carbonyl (C=O) groups is 1. The summed E-state index contributed by atoms with van der Waals surface area (Å²) in [5.74, 6) is -0.876. The SMILES string of the molecule is N#CCN(CC#N)c1cnc(C(=O)O)cn1. The van der Waals surface area contributed by atoms with Gasteiger partial charge in [0, 0.05) is 0 Å². The normalized spacial score (nSPS) is 8.88. The number of aromatic carboxylic acids is 1. The van der Waals surface area contributed by atoms with Gasteiger partial charge in [-0.2, -0.15) is 10.5 Å². The molecule has 1 N–H and O–H groups in total. The number of aromatic nitrogens is 2. The third kappa shape index (κ3) is 2.66. The minimum Gasteiger partial charge on any atom is -0.476 e. The maximum atomic E-state index is 10.5. The van der Waals surface area contributed by atoms with Crippen molar-refractivity contribution in [2.24, 2.45) is 0 Å². The largest absolute Gasteiger partial charge is 0.476 e. The van der Waals surface area contributed by atoms with Gasteiger partial charge >= 0.3 is 5.97 Å². The molecule has 0 saturated carbocycles. The van der Waals surface area contributed by atoms with E-state index in [2.05, 4.69) is 9.97 Å². The number of nitriles is 2. The monoisotopic (exact) mass is 217 g/mol. The van der Waals surface area contributed by atoms with Gasteiger partial charge in [0.2, 0.25) is 0 Å². The minimum atomic E-state index is -1.17. The van der Waals surface area contributed by atoms with Gasteiger partial charge < -0.3 is 10.0 Å². The first-order chi connectivity index (χ1) is 7.69. The van der Waals surface area contributed by atoms with Crippen molar-refractivity contribution in [2.75, 3.05) is 18.0 Å². The van der Waals surface area contributed by atoms with Gasteiger partial charge in [-0.25, -0.2) is 14.8 Å². The van der Waals surface area contributed by atoms with Gasteiger partial charge in [0.25, 0.3) is 0 Å². The summed E-state index contributed by atoms with van der Waals surface area (Å²) < 4.78 is 0. The summed E-state index contributed by atoms with van der Waals surface area (Å²) in [6.07, 6.45) is 2.30. The van der Waals surface area contributed by atoms with Crippen molar-refractivity contribution in [3.63, 3.8) is 0 Å². The molecule has 0 aliphatic rings. The van der Waals surface area contributed by atoms with Crippen LogP contribution in [-0.2, 0) is 0 Å². The van der Waals surface area contributed by atoms with Crippen LogP contribution in [0.1, 0.15) is 10.5 Å². The molecule has 0 fully saturated rings. The molecular formula is C9H7N5O2. The van der Waals surface area contributed by atoms with Crippen molar-refractivity contribution in [3.05, 3.63) is 18.1 Å². The van der Waals surface area contributed by atoms with Crippen molar-refractivity contribution in [1.82, 2.24) is 9.97 Å². The van der Waals surface area contributed by atoms with E-state index in [-0.39, 0.29) is 18.8 Å². The Morgan fingerprint density at radius 1 is 1.31 bits per heavy atom. The van der Waals surface area contributed by atoms with Crippen LogP contribution in [0, 0.1) is 22.7 Å². The van der Waals surface area contributed by atoms with E-state index < -0.39 is 5.97 Å². The Kier molecular flexibility index (Phi) is 3.76. The second-order valence-electron chi connectivity index (χ2n) is 2.74. The number of hydrogen-bond donors (Lipinski definition) is 1. The highest BCUT2D eigenvalue weighted by atomic mass is 16.4. The van der Waals surface area contributed by atoms with E-state index in [0.717, 1.165) is 6.20 Å². The third-order valence-electron chi connectivity index (χ3n) is 1.70. The Labute approximate surface area is 91.2 Å². The zero-order chi connectivity index (χ0) is 12.0. The highest BCUT2D eigenvalue weighted by molar-refractivity contribution is 5.84. The van der Waals surface area contributed by atoms with E-state index in [1.807, 2.05) is 12.1 Å². The fraction of sp³-hybridized carbons (Fsp3) is 0.222. The van der Waals surface area contributed by atoms with Crippen molar-refractivity contribution in [3.8, 4) is 12.1 Å². The molecule has 16 heavy (non-hydrogen) atoms. The Hall–Kier alpha value is -2.67. The number of rotatable bonds is 4. The molecule has 1 aromatic heterocycles. The standard InChI is InChI=1S/C9H7N5O2/c10-1-3-14(4-2-11)8-6-12-7(5-13-8)9(15)16/h5-6H,3-4H2,(H,15,16). The summed E-state index contributed by atoms with van der Waals surface area (Å²) in [6.45, 7) is -0.0106. The number of nitrogens with zero attached hydrogens (tertiary/aromatic N) is 5. The maximum Gasteiger partial charge on any atom is 0.356 e. The number of carboxylic acids is 1. The Balaban J connectivity index is 2.91. The summed E-state index contributed by atoms with van der Waals surface area (Å²) >= 11 is 0. The van der Waals surface area contributed by atoms with Crippen LogP contribution in [0.5, 0.6) is 0 Å². The molecule has 1 heterocycles. The van der Waals surface area contributed by atoms with Crippen LogP contribution >= 0.6 is 0 Å². The fourth-order valence-corrected chi connectivity index (χ4v) is 0.984. The van der Waals surface area contributed by atoms with Crippen LogP contribution in [-0.4, -0.2) is 34.1 Å². The zero-order valence-electron chi connectivity index (χ0n) is 8.16. The van der Waals surface area contributed by atoms with Crippen molar-refractivity contribution in [1.29, 1.82) is 10.5 Å². The van der Waals surface area contributed by atoms with Crippen molar-refractivity contribution < 1.29 is 9.90 Å². The predicted molar refractivity (Wildman–Crippen MR) is 52.4 cm³/mol. The van der Waals surface area contributed by atoms with Crippen molar-refractivity contribution >= 4 is 11.8 Å².